The second kappa shape index (κ2) is 4.88. The van der Waals surface area contributed by atoms with E-state index in [9.17, 15) is 10.1 Å². The maximum atomic E-state index is 11.2. The van der Waals surface area contributed by atoms with E-state index in [0.29, 0.717) is 16.5 Å². The first-order valence-corrected chi connectivity index (χ1v) is 6.89. The lowest BCUT2D eigenvalue weighted by Gasteiger charge is -2.21. The summed E-state index contributed by atoms with van der Waals surface area (Å²) in [6, 6.07) is 8.55. The normalized spacial score (nSPS) is 12.1. The largest absolute Gasteiger partial charge is 0.496 e. The molecule has 0 saturated carbocycles. The molecular weight excluding hydrogens is 300 g/mol. The van der Waals surface area contributed by atoms with Gasteiger partial charge in [-0.1, -0.05) is 23.4 Å². The summed E-state index contributed by atoms with van der Waals surface area (Å²) >= 11 is 7.40. The molecule has 0 atom stereocenters. The van der Waals surface area contributed by atoms with Crippen molar-refractivity contribution in [2.75, 3.05) is 12.4 Å². The van der Waals surface area contributed by atoms with Crippen LogP contribution < -0.4 is 10.1 Å². The number of anilines is 2. The van der Waals surface area contributed by atoms with E-state index in [1.165, 1.54) is 24.9 Å². The molecule has 3 rings (SSSR count). The number of nitrogens with one attached hydrogen (secondary N) is 1. The zero-order chi connectivity index (χ0) is 14.3. The van der Waals surface area contributed by atoms with E-state index in [0.717, 1.165) is 15.5 Å². The first-order chi connectivity index (χ1) is 9.58. The lowest BCUT2D eigenvalue weighted by molar-refractivity contribution is -0.384. The minimum absolute atomic E-state index is 0.00699. The molecule has 1 aliphatic heterocycles. The van der Waals surface area contributed by atoms with Crippen molar-refractivity contribution in [1.29, 1.82) is 0 Å². The maximum Gasteiger partial charge on any atom is 0.297 e. The Kier molecular flexibility index (Phi) is 3.19. The van der Waals surface area contributed by atoms with E-state index in [1.54, 1.807) is 12.1 Å². The predicted molar refractivity (Wildman–Crippen MR) is 78.5 cm³/mol. The van der Waals surface area contributed by atoms with E-state index < -0.39 is 4.92 Å². The molecule has 0 saturated heterocycles. The molecule has 0 aliphatic carbocycles. The number of rotatable bonds is 2. The van der Waals surface area contributed by atoms with Gasteiger partial charge in [0, 0.05) is 14.8 Å². The van der Waals surface area contributed by atoms with E-state index >= 15 is 0 Å². The summed E-state index contributed by atoms with van der Waals surface area (Å²) in [4.78, 5) is 12.4. The van der Waals surface area contributed by atoms with Crippen LogP contribution in [0.25, 0.3) is 0 Å². The SMILES string of the molecule is COc1cc2c(c([N+](=O)[O-])c1)Nc1ccc(Cl)cc1S2. The van der Waals surface area contributed by atoms with Crippen LogP contribution in [0.4, 0.5) is 17.1 Å². The highest BCUT2D eigenvalue weighted by Crippen LogP contribution is 2.49. The van der Waals surface area contributed by atoms with E-state index in [-0.39, 0.29) is 5.69 Å². The molecule has 0 radical (unpaired) electrons. The van der Waals surface area contributed by atoms with Crippen molar-refractivity contribution in [3.05, 3.63) is 45.5 Å². The van der Waals surface area contributed by atoms with Gasteiger partial charge in [0.25, 0.3) is 5.69 Å². The number of ether oxygens (including phenoxy) is 1. The van der Waals surface area contributed by atoms with Crippen LogP contribution in [0.2, 0.25) is 5.02 Å². The van der Waals surface area contributed by atoms with Crippen molar-refractivity contribution in [2.24, 2.45) is 0 Å². The fourth-order valence-electron chi connectivity index (χ4n) is 1.98. The summed E-state index contributed by atoms with van der Waals surface area (Å²) in [6.07, 6.45) is 0. The second-order valence-corrected chi connectivity index (χ2v) is 5.66. The Morgan fingerprint density at radius 3 is 2.80 bits per heavy atom. The quantitative estimate of drug-likeness (QED) is 0.559. The molecule has 0 spiro atoms. The number of benzene rings is 2. The first-order valence-electron chi connectivity index (χ1n) is 5.69. The van der Waals surface area contributed by atoms with Crippen molar-refractivity contribution in [1.82, 2.24) is 0 Å². The lowest BCUT2D eigenvalue weighted by atomic mass is 10.2. The van der Waals surface area contributed by atoms with E-state index in [1.807, 2.05) is 12.1 Å². The van der Waals surface area contributed by atoms with Gasteiger partial charge in [-0.2, -0.15) is 0 Å². The van der Waals surface area contributed by atoms with Gasteiger partial charge in [0.2, 0.25) is 0 Å². The highest BCUT2D eigenvalue weighted by molar-refractivity contribution is 7.99. The van der Waals surface area contributed by atoms with Gasteiger partial charge in [-0.3, -0.25) is 10.1 Å². The summed E-state index contributed by atoms with van der Waals surface area (Å²) in [5.41, 5.74) is 1.28. The molecule has 1 heterocycles. The van der Waals surface area contributed by atoms with Gasteiger partial charge in [-0.25, -0.2) is 0 Å². The zero-order valence-corrected chi connectivity index (χ0v) is 11.9. The van der Waals surface area contributed by atoms with Crippen molar-refractivity contribution in [3.63, 3.8) is 0 Å². The smallest absolute Gasteiger partial charge is 0.297 e. The Labute approximate surface area is 124 Å². The van der Waals surface area contributed by atoms with Gasteiger partial charge in [0.15, 0.2) is 0 Å². The highest BCUT2D eigenvalue weighted by Gasteiger charge is 2.25. The molecule has 2 aromatic carbocycles. The summed E-state index contributed by atoms with van der Waals surface area (Å²) in [5, 5.41) is 14.9. The molecule has 0 unspecified atom stereocenters. The third-order valence-corrected chi connectivity index (χ3v) is 4.25. The molecule has 1 N–H and O–H groups in total. The number of nitro benzene ring substituents is 1. The van der Waals surface area contributed by atoms with Crippen LogP contribution >= 0.6 is 23.4 Å². The average molecular weight is 309 g/mol. The number of hydrogen-bond donors (Lipinski definition) is 1. The predicted octanol–water partition coefficient (Wildman–Crippen LogP) is 4.47. The van der Waals surface area contributed by atoms with Gasteiger partial charge in [0.1, 0.15) is 11.4 Å². The lowest BCUT2D eigenvalue weighted by Crippen LogP contribution is -2.04. The Hall–Kier alpha value is -1.92. The Bertz CT molecular complexity index is 721. The maximum absolute atomic E-state index is 11.2. The van der Waals surface area contributed by atoms with Crippen LogP contribution in [0, 0.1) is 10.1 Å². The third kappa shape index (κ3) is 2.17. The third-order valence-electron chi connectivity index (χ3n) is 2.91. The number of hydrogen-bond acceptors (Lipinski definition) is 5. The summed E-state index contributed by atoms with van der Waals surface area (Å²) in [7, 11) is 1.48. The average Bonchev–Trinajstić information content (AvgIpc) is 2.43. The molecular formula is C13H9ClN2O3S. The Balaban J connectivity index is 2.15. The van der Waals surface area contributed by atoms with Crippen LogP contribution in [0.15, 0.2) is 40.1 Å². The van der Waals surface area contributed by atoms with Gasteiger partial charge in [-0.15, -0.1) is 0 Å². The molecule has 2 aromatic rings. The monoisotopic (exact) mass is 308 g/mol. The zero-order valence-electron chi connectivity index (χ0n) is 10.3. The molecule has 0 amide bonds. The highest BCUT2D eigenvalue weighted by atomic mass is 35.5. The fraction of sp³-hybridized carbons (Fsp3) is 0.0769. The van der Waals surface area contributed by atoms with Gasteiger partial charge in [0.05, 0.1) is 23.8 Å². The molecule has 1 aliphatic rings. The van der Waals surface area contributed by atoms with Crippen molar-refractivity contribution >= 4 is 40.4 Å². The standard InChI is InChI=1S/C13H9ClN2O3S/c1-19-8-5-10(16(17)18)13-12(6-8)20-11-4-7(14)2-3-9(11)15-13/h2-6,15H,1H3. The molecule has 102 valence electrons. The van der Waals surface area contributed by atoms with Crippen LogP contribution in [0.3, 0.4) is 0 Å². The van der Waals surface area contributed by atoms with Crippen molar-refractivity contribution < 1.29 is 9.66 Å². The topological polar surface area (TPSA) is 64.4 Å². The molecule has 0 aromatic heterocycles. The van der Waals surface area contributed by atoms with Gasteiger partial charge >= 0.3 is 0 Å². The minimum atomic E-state index is -0.421. The number of fused-ring (bicyclic) bond motifs is 2. The van der Waals surface area contributed by atoms with Crippen LogP contribution in [-0.2, 0) is 0 Å². The minimum Gasteiger partial charge on any atom is -0.496 e. The molecule has 0 fully saturated rings. The number of methoxy groups -OCH3 is 1. The van der Waals surface area contributed by atoms with Crippen LogP contribution in [0.5, 0.6) is 5.75 Å². The summed E-state index contributed by atoms with van der Waals surface area (Å²) in [6.45, 7) is 0. The first kappa shape index (κ1) is 13.1. The van der Waals surface area contributed by atoms with Crippen LogP contribution in [0.1, 0.15) is 0 Å². The Morgan fingerprint density at radius 1 is 1.30 bits per heavy atom. The van der Waals surface area contributed by atoms with E-state index in [4.69, 9.17) is 16.3 Å². The Morgan fingerprint density at radius 2 is 2.10 bits per heavy atom. The molecule has 5 nitrogen and oxygen atoms in total. The van der Waals surface area contributed by atoms with Crippen molar-refractivity contribution in [3.8, 4) is 5.75 Å². The molecule has 7 heteroatoms. The van der Waals surface area contributed by atoms with E-state index in [2.05, 4.69) is 5.32 Å². The number of nitrogens with zero attached hydrogens (tertiary/aromatic N) is 1. The van der Waals surface area contributed by atoms with Crippen LogP contribution in [-0.4, -0.2) is 12.0 Å². The summed E-state index contributed by atoms with van der Waals surface area (Å²) < 4.78 is 5.11. The fourth-order valence-corrected chi connectivity index (χ4v) is 3.30. The molecule has 20 heavy (non-hydrogen) atoms. The summed E-state index contributed by atoms with van der Waals surface area (Å²) in [5.74, 6) is 0.454. The second-order valence-electron chi connectivity index (χ2n) is 4.14. The van der Waals surface area contributed by atoms with Crippen molar-refractivity contribution in [2.45, 2.75) is 9.79 Å². The van der Waals surface area contributed by atoms with Gasteiger partial charge in [-0.05, 0) is 24.3 Å². The molecule has 0 bridgehead atoms. The van der Waals surface area contributed by atoms with Gasteiger partial charge < -0.3 is 10.1 Å². The number of halogens is 1. The number of nitro groups is 1.